The number of benzene rings is 2. The molecule has 0 N–H and O–H groups in total. The largest absolute Gasteiger partial charge is 0.573 e. The van der Waals surface area contributed by atoms with Crippen LogP contribution in [0.15, 0.2) is 42.5 Å². The molecule has 2 aromatic rings. The minimum atomic E-state index is -4.73. The van der Waals surface area contributed by atoms with Crippen molar-refractivity contribution in [1.29, 1.82) is 0 Å². The SMILES string of the molecule is COc1ccc([N+](=O)[O-])cc1C(=O)N1CCN(Cc2ccc(OC(F)(F)F)cc2)CC1. The van der Waals surface area contributed by atoms with E-state index in [9.17, 15) is 28.1 Å². The van der Waals surface area contributed by atoms with Crippen molar-refractivity contribution in [2.45, 2.75) is 12.9 Å². The maximum atomic E-state index is 12.9. The second-order valence-corrected chi connectivity index (χ2v) is 6.90. The third-order valence-electron chi connectivity index (χ3n) is 4.85. The van der Waals surface area contributed by atoms with Gasteiger partial charge in [-0.25, -0.2) is 0 Å². The van der Waals surface area contributed by atoms with Crippen molar-refractivity contribution in [2.75, 3.05) is 33.3 Å². The highest BCUT2D eigenvalue weighted by Crippen LogP contribution is 2.26. The number of nitrogens with zero attached hydrogens (tertiary/aromatic N) is 3. The number of piperazine rings is 1. The van der Waals surface area contributed by atoms with Gasteiger partial charge in [0.05, 0.1) is 17.6 Å². The lowest BCUT2D eigenvalue weighted by atomic mass is 10.1. The molecule has 1 heterocycles. The standard InChI is InChI=1S/C20H20F3N3O5/c1-30-18-7-4-15(26(28)29)12-17(18)19(27)25-10-8-24(9-11-25)13-14-2-5-16(6-3-14)31-20(21,22)23/h2-7,12H,8-11,13H2,1H3. The first-order valence-corrected chi connectivity index (χ1v) is 9.35. The van der Waals surface area contributed by atoms with E-state index >= 15 is 0 Å². The van der Waals surface area contributed by atoms with Gasteiger partial charge < -0.3 is 14.4 Å². The zero-order valence-corrected chi connectivity index (χ0v) is 16.6. The summed E-state index contributed by atoms with van der Waals surface area (Å²) in [6.45, 7) is 2.40. The molecule has 2 aromatic carbocycles. The van der Waals surface area contributed by atoms with Gasteiger partial charge in [-0.05, 0) is 23.8 Å². The van der Waals surface area contributed by atoms with Gasteiger partial charge in [0.25, 0.3) is 11.6 Å². The van der Waals surface area contributed by atoms with Crippen LogP contribution in [0.2, 0.25) is 0 Å². The van der Waals surface area contributed by atoms with Crippen LogP contribution in [-0.2, 0) is 6.54 Å². The molecule has 0 unspecified atom stereocenters. The Labute approximate surface area is 175 Å². The van der Waals surface area contributed by atoms with E-state index in [1.165, 1.54) is 37.4 Å². The van der Waals surface area contributed by atoms with Crippen molar-refractivity contribution in [3.05, 3.63) is 63.7 Å². The van der Waals surface area contributed by atoms with E-state index in [0.29, 0.717) is 32.7 Å². The predicted molar refractivity (Wildman–Crippen MR) is 104 cm³/mol. The lowest BCUT2D eigenvalue weighted by Gasteiger charge is -2.35. The van der Waals surface area contributed by atoms with Gasteiger partial charge >= 0.3 is 6.36 Å². The van der Waals surface area contributed by atoms with E-state index in [1.54, 1.807) is 17.0 Å². The summed E-state index contributed by atoms with van der Waals surface area (Å²) < 4.78 is 45.8. The fraction of sp³-hybridized carbons (Fsp3) is 0.350. The van der Waals surface area contributed by atoms with Crippen LogP contribution in [0.1, 0.15) is 15.9 Å². The van der Waals surface area contributed by atoms with Crippen molar-refractivity contribution in [3.63, 3.8) is 0 Å². The Morgan fingerprint density at radius 1 is 1.10 bits per heavy atom. The summed E-state index contributed by atoms with van der Waals surface area (Å²) in [5.41, 5.74) is 0.751. The van der Waals surface area contributed by atoms with Crippen molar-refractivity contribution in [2.24, 2.45) is 0 Å². The molecule has 1 amide bonds. The van der Waals surface area contributed by atoms with Crippen molar-refractivity contribution in [1.82, 2.24) is 9.80 Å². The molecule has 0 aromatic heterocycles. The molecule has 166 valence electrons. The molecule has 0 radical (unpaired) electrons. The fourth-order valence-electron chi connectivity index (χ4n) is 3.31. The number of ether oxygens (including phenoxy) is 2. The zero-order chi connectivity index (χ0) is 22.6. The minimum Gasteiger partial charge on any atom is -0.496 e. The highest BCUT2D eigenvalue weighted by Gasteiger charge is 2.31. The summed E-state index contributed by atoms with van der Waals surface area (Å²) in [5, 5.41) is 11.0. The number of hydrogen-bond donors (Lipinski definition) is 0. The van der Waals surface area contributed by atoms with Gasteiger partial charge in [-0.2, -0.15) is 0 Å². The van der Waals surface area contributed by atoms with Crippen LogP contribution in [-0.4, -0.2) is 60.3 Å². The Balaban J connectivity index is 1.59. The van der Waals surface area contributed by atoms with Gasteiger partial charge in [0, 0.05) is 44.9 Å². The summed E-state index contributed by atoms with van der Waals surface area (Å²) >= 11 is 0. The van der Waals surface area contributed by atoms with E-state index in [2.05, 4.69) is 9.64 Å². The maximum absolute atomic E-state index is 12.9. The Morgan fingerprint density at radius 3 is 2.29 bits per heavy atom. The van der Waals surface area contributed by atoms with Crippen molar-refractivity contribution in [3.8, 4) is 11.5 Å². The number of nitro benzene ring substituents is 1. The number of rotatable bonds is 6. The van der Waals surface area contributed by atoms with Crippen LogP contribution in [0, 0.1) is 10.1 Å². The number of alkyl halides is 3. The number of halogens is 3. The van der Waals surface area contributed by atoms with Crippen LogP contribution < -0.4 is 9.47 Å². The third kappa shape index (κ3) is 5.85. The molecular weight excluding hydrogens is 419 g/mol. The number of amides is 1. The summed E-state index contributed by atoms with van der Waals surface area (Å²) in [4.78, 5) is 27.0. The fourth-order valence-corrected chi connectivity index (χ4v) is 3.31. The van der Waals surface area contributed by atoms with Crippen LogP contribution in [0.4, 0.5) is 18.9 Å². The Bertz CT molecular complexity index is 942. The van der Waals surface area contributed by atoms with Crippen LogP contribution in [0.3, 0.4) is 0 Å². The zero-order valence-electron chi connectivity index (χ0n) is 16.6. The Hall–Kier alpha value is -3.34. The first-order valence-electron chi connectivity index (χ1n) is 9.35. The quantitative estimate of drug-likeness (QED) is 0.506. The molecule has 1 aliphatic heterocycles. The predicted octanol–water partition coefficient (Wildman–Crippen LogP) is 3.46. The third-order valence-corrected chi connectivity index (χ3v) is 4.85. The van der Waals surface area contributed by atoms with Crippen LogP contribution in [0.25, 0.3) is 0 Å². The number of methoxy groups -OCH3 is 1. The average molecular weight is 439 g/mol. The monoisotopic (exact) mass is 439 g/mol. The van der Waals surface area contributed by atoms with Gasteiger partial charge in [-0.3, -0.25) is 19.8 Å². The second-order valence-electron chi connectivity index (χ2n) is 6.90. The van der Waals surface area contributed by atoms with Crippen LogP contribution >= 0.6 is 0 Å². The van der Waals surface area contributed by atoms with Gasteiger partial charge in [-0.1, -0.05) is 12.1 Å². The summed E-state index contributed by atoms with van der Waals surface area (Å²) in [5.74, 6) is -0.370. The molecular formula is C20H20F3N3O5. The Morgan fingerprint density at radius 2 is 1.74 bits per heavy atom. The number of nitro groups is 1. The molecule has 3 rings (SSSR count). The molecule has 1 fully saturated rings. The lowest BCUT2D eigenvalue weighted by Crippen LogP contribution is -2.48. The maximum Gasteiger partial charge on any atom is 0.573 e. The van der Waals surface area contributed by atoms with Gasteiger partial charge in [-0.15, -0.1) is 13.2 Å². The summed E-state index contributed by atoms with van der Waals surface area (Å²) in [6, 6.07) is 9.53. The summed E-state index contributed by atoms with van der Waals surface area (Å²) in [7, 11) is 1.39. The van der Waals surface area contributed by atoms with E-state index in [-0.39, 0.29) is 28.7 Å². The van der Waals surface area contributed by atoms with E-state index in [4.69, 9.17) is 4.74 Å². The molecule has 31 heavy (non-hydrogen) atoms. The van der Waals surface area contributed by atoms with Gasteiger partial charge in [0.15, 0.2) is 0 Å². The molecule has 1 saturated heterocycles. The van der Waals surface area contributed by atoms with Gasteiger partial charge in [0.2, 0.25) is 0 Å². The number of carbonyl (C=O) groups excluding carboxylic acids is 1. The topological polar surface area (TPSA) is 85.1 Å². The molecule has 11 heteroatoms. The lowest BCUT2D eigenvalue weighted by molar-refractivity contribution is -0.384. The summed E-state index contributed by atoms with van der Waals surface area (Å²) in [6.07, 6.45) is -4.73. The number of carbonyl (C=O) groups is 1. The highest BCUT2D eigenvalue weighted by molar-refractivity contribution is 5.97. The molecule has 0 atom stereocenters. The molecule has 8 nitrogen and oxygen atoms in total. The molecule has 1 aliphatic rings. The van der Waals surface area contributed by atoms with Crippen LogP contribution in [0.5, 0.6) is 11.5 Å². The number of non-ortho nitro benzene ring substituents is 1. The van der Waals surface area contributed by atoms with Crippen molar-refractivity contribution >= 4 is 11.6 Å². The smallest absolute Gasteiger partial charge is 0.496 e. The molecule has 0 spiro atoms. The highest BCUT2D eigenvalue weighted by atomic mass is 19.4. The van der Waals surface area contributed by atoms with E-state index in [0.717, 1.165) is 5.56 Å². The minimum absolute atomic E-state index is 0.130. The average Bonchev–Trinajstić information content (AvgIpc) is 2.73. The molecule has 0 aliphatic carbocycles. The van der Waals surface area contributed by atoms with E-state index in [1.807, 2.05) is 0 Å². The van der Waals surface area contributed by atoms with E-state index < -0.39 is 11.3 Å². The van der Waals surface area contributed by atoms with Gasteiger partial charge in [0.1, 0.15) is 11.5 Å². The van der Waals surface area contributed by atoms with Crippen molar-refractivity contribution < 1.29 is 32.4 Å². The second kappa shape index (κ2) is 9.21. The number of hydrogen-bond acceptors (Lipinski definition) is 6. The molecule has 0 bridgehead atoms. The first kappa shape index (κ1) is 22.3. The first-order chi connectivity index (χ1) is 14.7. The normalized spacial score (nSPS) is 14.9. The molecule has 0 saturated carbocycles. The Kier molecular flexibility index (Phi) is 6.64.